The monoisotopic (exact) mass is 331 g/mol. The van der Waals surface area contributed by atoms with Crippen LogP contribution in [0.25, 0.3) is 0 Å². The molecule has 0 aliphatic carbocycles. The van der Waals surface area contributed by atoms with Crippen molar-refractivity contribution >= 4 is 11.8 Å². The highest BCUT2D eigenvalue weighted by molar-refractivity contribution is 5.88. The number of nitrogens with zero attached hydrogens (tertiary/aromatic N) is 4. The lowest BCUT2D eigenvalue weighted by molar-refractivity contribution is -0.0276. The van der Waals surface area contributed by atoms with Gasteiger partial charge in [0.15, 0.2) is 6.10 Å². The number of morpholine rings is 1. The van der Waals surface area contributed by atoms with E-state index in [1.807, 2.05) is 26.8 Å². The Hall–Kier alpha value is -2.48. The molecule has 3 rings (SSSR count). The predicted molar refractivity (Wildman–Crippen MR) is 86.6 cm³/mol. The molecule has 0 spiro atoms. The SMILES string of the molecule is Cc1ccc(NC(=O)N2CCOC(c3nnc(C(C)C)o3)C2)nc1. The average molecular weight is 331 g/mol. The number of carbonyl (C=O) groups is 1. The van der Waals surface area contributed by atoms with Crippen molar-refractivity contribution in [2.75, 3.05) is 25.0 Å². The Balaban J connectivity index is 1.63. The highest BCUT2D eigenvalue weighted by Crippen LogP contribution is 2.23. The maximum absolute atomic E-state index is 12.4. The Bertz CT molecular complexity index is 698. The lowest BCUT2D eigenvalue weighted by Crippen LogP contribution is -2.44. The van der Waals surface area contributed by atoms with E-state index in [-0.39, 0.29) is 11.9 Å². The Labute approximate surface area is 140 Å². The first kappa shape index (κ1) is 16.4. The van der Waals surface area contributed by atoms with Crippen molar-refractivity contribution in [3.63, 3.8) is 0 Å². The number of ether oxygens (including phenoxy) is 1. The molecule has 3 heterocycles. The number of rotatable bonds is 3. The smallest absolute Gasteiger partial charge is 0.323 e. The highest BCUT2D eigenvalue weighted by atomic mass is 16.5. The van der Waals surface area contributed by atoms with E-state index >= 15 is 0 Å². The predicted octanol–water partition coefficient (Wildman–Crippen LogP) is 2.50. The Kier molecular flexibility index (Phi) is 4.75. The molecule has 1 N–H and O–H groups in total. The van der Waals surface area contributed by atoms with Crippen LogP contribution in [0.2, 0.25) is 0 Å². The van der Waals surface area contributed by atoms with Crippen molar-refractivity contribution in [3.05, 3.63) is 35.7 Å². The third-order valence-electron chi connectivity index (χ3n) is 3.73. The van der Waals surface area contributed by atoms with Crippen LogP contribution in [0.4, 0.5) is 10.6 Å². The minimum atomic E-state index is -0.407. The number of hydrogen-bond donors (Lipinski definition) is 1. The third-order valence-corrected chi connectivity index (χ3v) is 3.73. The minimum absolute atomic E-state index is 0.154. The first-order chi connectivity index (χ1) is 11.5. The Morgan fingerprint density at radius 1 is 1.38 bits per heavy atom. The molecule has 1 saturated heterocycles. The molecule has 0 radical (unpaired) electrons. The molecule has 8 nitrogen and oxygen atoms in total. The number of aryl methyl sites for hydroxylation is 1. The fourth-order valence-corrected chi connectivity index (χ4v) is 2.32. The molecule has 0 saturated carbocycles. The maximum atomic E-state index is 12.4. The summed E-state index contributed by atoms with van der Waals surface area (Å²) in [7, 11) is 0. The van der Waals surface area contributed by atoms with Crippen molar-refractivity contribution in [2.45, 2.75) is 32.8 Å². The first-order valence-corrected chi connectivity index (χ1v) is 7.96. The van der Waals surface area contributed by atoms with E-state index in [1.165, 1.54) is 0 Å². The molecule has 128 valence electrons. The molecule has 1 fully saturated rings. The van der Waals surface area contributed by atoms with E-state index in [0.29, 0.717) is 37.3 Å². The zero-order chi connectivity index (χ0) is 17.1. The first-order valence-electron chi connectivity index (χ1n) is 7.96. The number of urea groups is 1. The van der Waals surface area contributed by atoms with Gasteiger partial charge in [-0.2, -0.15) is 0 Å². The van der Waals surface area contributed by atoms with E-state index in [9.17, 15) is 4.79 Å². The largest absolute Gasteiger partial charge is 0.422 e. The van der Waals surface area contributed by atoms with Gasteiger partial charge in [0.2, 0.25) is 11.8 Å². The van der Waals surface area contributed by atoms with Gasteiger partial charge in [-0.15, -0.1) is 10.2 Å². The summed E-state index contributed by atoms with van der Waals surface area (Å²) in [6.45, 7) is 7.18. The van der Waals surface area contributed by atoms with Crippen LogP contribution in [0.5, 0.6) is 0 Å². The van der Waals surface area contributed by atoms with Crippen LogP contribution in [-0.4, -0.2) is 45.8 Å². The number of anilines is 1. The molecular weight excluding hydrogens is 310 g/mol. The molecule has 1 unspecified atom stereocenters. The molecule has 1 atom stereocenters. The summed E-state index contributed by atoms with van der Waals surface area (Å²) in [4.78, 5) is 18.2. The molecule has 2 amide bonds. The van der Waals surface area contributed by atoms with Crippen LogP contribution in [0.1, 0.15) is 43.2 Å². The van der Waals surface area contributed by atoms with Crippen molar-refractivity contribution in [1.29, 1.82) is 0 Å². The van der Waals surface area contributed by atoms with Crippen LogP contribution < -0.4 is 5.32 Å². The number of nitrogens with one attached hydrogen (secondary N) is 1. The van der Waals surface area contributed by atoms with Gasteiger partial charge < -0.3 is 14.1 Å². The number of carbonyl (C=O) groups excluding carboxylic acids is 1. The summed E-state index contributed by atoms with van der Waals surface area (Å²) < 4.78 is 11.3. The van der Waals surface area contributed by atoms with E-state index < -0.39 is 6.10 Å². The highest BCUT2D eigenvalue weighted by Gasteiger charge is 2.29. The summed E-state index contributed by atoms with van der Waals surface area (Å²) in [6, 6.07) is 3.46. The van der Waals surface area contributed by atoms with Crippen LogP contribution in [-0.2, 0) is 4.74 Å². The van der Waals surface area contributed by atoms with E-state index in [1.54, 1.807) is 17.2 Å². The number of amides is 2. The molecule has 24 heavy (non-hydrogen) atoms. The Morgan fingerprint density at radius 2 is 2.21 bits per heavy atom. The lowest BCUT2D eigenvalue weighted by atomic mass is 10.2. The summed E-state index contributed by atoms with van der Waals surface area (Å²) in [5.41, 5.74) is 1.04. The second-order valence-corrected chi connectivity index (χ2v) is 6.09. The maximum Gasteiger partial charge on any atom is 0.323 e. The molecule has 2 aromatic rings. The van der Waals surface area contributed by atoms with Gasteiger partial charge in [0.25, 0.3) is 0 Å². The molecule has 2 aromatic heterocycles. The van der Waals surface area contributed by atoms with Gasteiger partial charge in [-0.25, -0.2) is 9.78 Å². The quantitative estimate of drug-likeness (QED) is 0.929. The summed E-state index contributed by atoms with van der Waals surface area (Å²) in [5.74, 6) is 1.65. The van der Waals surface area contributed by atoms with E-state index in [0.717, 1.165) is 5.56 Å². The van der Waals surface area contributed by atoms with Crippen LogP contribution in [0.15, 0.2) is 22.7 Å². The van der Waals surface area contributed by atoms with Crippen LogP contribution in [0, 0.1) is 6.92 Å². The van der Waals surface area contributed by atoms with Crippen molar-refractivity contribution < 1.29 is 13.9 Å². The average Bonchev–Trinajstić information content (AvgIpc) is 3.07. The molecular formula is C16H21N5O3. The normalized spacial score (nSPS) is 18.0. The number of pyridine rings is 1. The fourth-order valence-electron chi connectivity index (χ4n) is 2.32. The second-order valence-electron chi connectivity index (χ2n) is 6.09. The van der Waals surface area contributed by atoms with E-state index in [4.69, 9.17) is 9.15 Å². The van der Waals surface area contributed by atoms with Crippen molar-refractivity contribution in [1.82, 2.24) is 20.1 Å². The second kappa shape index (κ2) is 6.96. The van der Waals surface area contributed by atoms with Crippen molar-refractivity contribution in [3.8, 4) is 0 Å². The summed E-state index contributed by atoms with van der Waals surface area (Å²) in [6.07, 6.45) is 1.30. The third kappa shape index (κ3) is 3.70. The van der Waals surface area contributed by atoms with Crippen LogP contribution >= 0.6 is 0 Å². The van der Waals surface area contributed by atoms with Gasteiger partial charge in [-0.3, -0.25) is 5.32 Å². The van der Waals surface area contributed by atoms with Gasteiger partial charge in [-0.05, 0) is 18.6 Å². The number of aromatic nitrogens is 3. The summed E-state index contributed by atoms with van der Waals surface area (Å²) >= 11 is 0. The lowest BCUT2D eigenvalue weighted by Gasteiger charge is -2.31. The van der Waals surface area contributed by atoms with E-state index in [2.05, 4.69) is 20.5 Å². The number of hydrogen-bond acceptors (Lipinski definition) is 6. The molecule has 0 bridgehead atoms. The topological polar surface area (TPSA) is 93.4 Å². The zero-order valence-corrected chi connectivity index (χ0v) is 14.0. The standard InChI is InChI=1S/C16H21N5O3/c1-10(2)14-19-20-15(24-14)12-9-21(6-7-23-12)16(22)18-13-5-4-11(3)8-17-13/h4-5,8,10,12H,6-7,9H2,1-3H3,(H,17,18,22). The van der Waals surface area contributed by atoms with Gasteiger partial charge in [0, 0.05) is 18.7 Å². The van der Waals surface area contributed by atoms with Gasteiger partial charge >= 0.3 is 6.03 Å². The molecule has 8 heteroatoms. The fraction of sp³-hybridized carbons (Fsp3) is 0.500. The van der Waals surface area contributed by atoms with Gasteiger partial charge in [0.05, 0.1) is 13.2 Å². The summed E-state index contributed by atoms with van der Waals surface area (Å²) in [5, 5.41) is 10.8. The van der Waals surface area contributed by atoms with Crippen molar-refractivity contribution in [2.24, 2.45) is 0 Å². The molecule has 0 aromatic carbocycles. The molecule has 1 aliphatic heterocycles. The Morgan fingerprint density at radius 3 is 2.88 bits per heavy atom. The van der Waals surface area contributed by atoms with Gasteiger partial charge in [0.1, 0.15) is 5.82 Å². The minimum Gasteiger partial charge on any atom is -0.422 e. The van der Waals surface area contributed by atoms with Crippen LogP contribution in [0.3, 0.4) is 0 Å². The molecule has 1 aliphatic rings. The zero-order valence-electron chi connectivity index (χ0n) is 14.0. The van der Waals surface area contributed by atoms with Gasteiger partial charge in [-0.1, -0.05) is 19.9 Å².